The number of rotatable bonds is 6. The minimum atomic E-state index is -0.463. The first kappa shape index (κ1) is 19.6. The Morgan fingerprint density at radius 3 is 2.50 bits per heavy atom. The second-order valence-corrected chi connectivity index (χ2v) is 7.45. The van der Waals surface area contributed by atoms with Crippen molar-refractivity contribution < 1.29 is 9.72 Å². The molecule has 28 heavy (non-hydrogen) atoms. The van der Waals surface area contributed by atoms with Crippen molar-refractivity contribution in [3.63, 3.8) is 0 Å². The fourth-order valence-electron chi connectivity index (χ4n) is 2.75. The molecule has 0 unspecified atom stereocenters. The quantitative estimate of drug-likeness (QED) is 0.476. The standard InChI is InChI=1S/C20H20N4O3S/c1-4-23-14(3)19(12-21-23)20(25)22-15-9-16(24(26)27)11-18(10-15)28-17-7-5-13(2)6-8-17/h5-12H,4H2,1-3H3,(H,22,25). The summed E-state index contributed by atoms with van der Waals surface area (Å²) >= 11 is 1.40. The van der Waals surface area contributed by atoms with Crippen LogP contribution in [0, 0.1) is 24.0 Å². The smallest absolute Gasteiger partial charge is 0.272 e. The van der Waals surface area contributed by atoms with Crippen molar-refractivity contribution in [1.29, 1.82) is 0 Å². The molecule has 0 fully saturated rings. The van der Waals surface area contributed by atoms with Crippen LogP contribution in [0.5, 0.6) is 0 Å². The number of hydrogen-bond donors (Lipinski definition) is 1. The Balaban J connectivity index is 1.88. The van der Waals surface area contributed by atoms with Crippen LogP contribution in [0.15, 0.2) is 58.5 Å². The molecule has 0 aliphatic rings. The number of benzene rings is 2. The monoisotopic (exact) mass is 396 g/mol. The third-order valence-electron chi connectivity index (χ3n) is 4.26. The second kappa shape index (κ2) is 8.26. The van der Waals surface area contributed by atoms with E-state index in [0.717, 1.165) is 16.2 Å². The van der Waals surface area contributed by atoms with Crippen LogP contribution >= 0.6 is 11.8 Å². The first-order valence-electron chi connectivity index (χ1n) is 8.75. The van der Waals surface area contributed by atoms with Gasteiger partial charge in [-0.3, -0.25) is 19.6 Å². The number of carbonyl (C=O) groups excluding carboxylic acids is 1. The molecule has 8 heteroatoms. The molecule has 0 bridgehead atoms. The Kier molecular flexibility index (Phi) is 5.79. The van der Waals surface area contributed by atoms with Crippen LogP contribution in [-0.2, 0) is 6.54 Å². The van der Waals surface area contributed by atoms with Crippen molar-refractivity contribution in [3.8, 4) is 0 Å². The molecule has 3 aromatic rings. The van der Waals surface area contributed by atoms with Crippen LogP contribution in [0.25, 0.3) is 0 Å². The van der Waals surface area contributed by atoms with E-state index in [9.17, 15) is 14.9 Å². The van der Waals surface area contributed by atoms with Gasteiger partial charge in [-0.15, -0.1) is 0 Å². The topological polar surface area (TPSA) is 90.1 Å². The van der Waals surface area contributed by atoms with E-state index in [1.165, 1.54) is 30.1 Å². The molecular weight excluding hydrogens is 376 g/mol. The molecule has 1 heterocycles. The molecule has 0 radical (unpaired) electrons. The van der Waals surface area contributed by atoms with Crippen LogP contribution in [0.1, 0.15) is 28.5 Å². The minimum Gasteiger partial charge on any atom is -0.322 e. The first-order chi connectivity index (χ1) is 13.4. The fourth-order valence-corrected chi connectivity index (χ4v) is 3.66. The Labute approximate surface area is 166 Å². The number of aryl methyl sites for hydroxylation is 2. The molecule has 0 aliphatic heterocycles. The number of nitro benzene ring substituents is 1. The summed E-state index contributed by atoms with van der Waals surface area (Å²) < 4.78 is 1.72. The lowest BCUT2D eigenvalue weighted by Crippen LogP contribution is -2.13. The molecule has 0 aliphatic carbocycles. The molecule has 0 spiro atoms. The molecule has 0 atom stereocenters. The molecule has 0 saturated heterocycles. The van der Waals surface area contributed by atoms with Gasteiger partial charge in [0.25, 0.3) is 11.6 Å². The van der Waals surface area contributed by atoms with Gasteiger partial charge >= 0.3 is 0 Å². The van der Waals surface area contributed by atoms with E-state index < -0.39 is 4.92 Å². The summed E-state index contributed by atoms with van der Waals surface area (Å²) in [5.74, 6) is -0.344. The second-order valence-electron chi connectivity index (χ2n) is 6.30. The van der Waals surface area contributed by atoms with Crippen molar-refractivity contribution >= 4 is 29.0 Å². The Morgan fingerprint density at radius 2 is 1.89 bits per heavy atom. The number of aromatic nitrogens is 2. The predicted octanol–water partition coefficient (Wildman–Crippen LogP) is 4.83. The Hall–Kier alpha value is -3.13. The van der Waals surface area contributed by atoms with Gasteiger partial charge in [-0.2, -0.15) is 5.10 Å². The van der Waals surface area contributed by atoms with Crippen molar-refractivity contribution in [3.05, 3.63) is 75.6 Å². The number of nitrogens with one attached hydrogen (secondary N) is 1. The molecule has 0 saturated carbocycles. The lowest BCUT2D eigenvalue weighted by Gasteiger charge is -2.08. The van der Waals surface area contributed by atoms with Gasteiger partial charge < -0.3 is 5.32 Å². The minimum absolute atomic E-state index is 0.0756. The molecule has 144 valence electrons. The summed E-state index contributed by atoms with van der Waals surface area (Å²) in [6, 6.07) is 12.5. The highest BCUT2D eigenvalue weighted by atomic mass is 32.2. The van der Waals surface area contributed by atoms with Gasteiger partial charge in [0.1, 0.15) is 0 Å². The molecule has 1 amide bonds. The zero-order chi connectivity index (χ0) is 20.3. The highest BCUT2D eigenvalue weighted by molar-refractivity contribution is 7.99. The Bertz CT molecular complexity index is 1030. The largest absolute Gasteiger partial charge is 0.322 e. The van der Waals surface area contributed by atoms with Crippen LogP contribution in [0.2, 0.25) is 0 Å². The van der Waals surface area contributed by atoms with E-state index >= 15 is 0 Å². The summed E-state index contributed by atoms with van der Waals surface area (Å²) in [4.78, 5) is 25.1. The molecule has 1 N–H and O–H groups in total. The number of nitrogens with zero attached hydrogens (tertiary/aromatic N) is 3. The van der Waals surface area contributed by atoms with Gasteiger partial charge in [0.15, 0.2) is 0 Å². The number of amides is 1. The van der Waals surface area contributed by atoms with E-state index in [0.29, 0.717) is 22.7 Å². The summed E-state index contributed by atoms with van der Waals surface area (Å²) in [5.41, 5.74) is 2.63. The average molecular weight is 396 g/mol. The molecular formula is C20H20N4O3S. The molecule has 1 aromatic heterocycles. The summed E-state index contributed by atoms with van der Waals surface area (Å²) in [6.07, 6.45) is 1.51. The highest BCUT2D eigenvalue weighted by Gasteiger charge is 2.17. The van der Waals surface area contributed by atoms with E-state index in [1.54, 1.807) is 10.7 Å². The van der Waals surface area contributed by atoms with Gasteiger partial charge in [0, 0.05) is 39.8 Å². The number of hydrogen-bond acceptors (Lipinski definition) is 5. The number of nitro groups is 1. The molecule has 3 rings (SSSR count). The summed E-state index contributed by atoms with van der Waals surface area (Å²) in [6.45, 7) is 6.42. The third-order valence-corrected chi connectivity index (χ3v) is 5.24. The van der Waals surface area contributed by atoms with E-state index in [2.05, 4.69) is 10.4 Å². The number of carbonyl (C=O) groups is 1. The number of anilines is 1. The summed E-state index contributed by atoms with van der Waals surface area (Å²) in [5, 5.41) is 18.2. The van der Waals surface area contributed by atoms with Crippen molar-refractivity contribution in [2.75, 3.05) is 5.32 Å². The lowest BCUT2D eigenvalue weighted by atomic mass is 10.2. The normalized spacial score (nSPS) is 10.7. The maximum Gasteiger partial charge on any atom is 0.272 e. The van der Waals surface area contributed by atoms with Crippen molar-refractivity contribution in [2.24, 2.45) is 0 Å². The van der Waals surface area contributed by atoms with Gasteiger partial charge in [0.2, 0.25) is 0 Å². The lowest BCUT2D eigenvalue weighted by molar-refractivity contribution is -0.385. The van der Waals surface area contributed by atoms with Crippen LogP contribution in [-0.4, -0.2) is 20.6 Å². The first-order valence-corrected chi connectivity index (χ1v) is 9.56. The van der Waals surface area contributed by atoms with Crippen LogP contribution in [0.4, 0.5) is 11.4 Å². The van der Waals surface area contributed by atoms with Crippen molar-refractivity contribution in [1.82, 2.24) is 9.78 Å². The zero-order valence-corrected chi connectivity index (χ0v) is 16.6. The zero-order valence-electron chi connectivity index (χ0n) is 15.8. The van der Waals surface area contributed by atoms with Gasteiger partial charge in [-0.25, -0.2) is 0 Å². The summed E-state index contributed by atoms with van der Waals surface area (Å²) in [7, 11) is 0. The third kappa shape index (κ3) is 4.40. The fraction of sp³-hybridized carbons (Fsp3) is 0.200. The maximum absolute atomic E-state index is 12.6. The van der Waals surface area contributed by atoms with E-state index in [4.69, 9.17) is 0 Å². The van der Waals surface area contributed by atoms with Crippen molar-refractivity contribution in [2.45, 2.75) is 37.1 Å². The SMILES string of the molecule is CCn1ncc(C(=O)Nc2cc(Sc3ccc(C)cc3)cc([N+](=O)[O-])c2)c1C. The number of non-ortho nitro benzene ring substituents is 1. The van der Waals surface area contributed by atoms with Crippen LogP contribution < -0.4 is 5.32 Å². The van der Waals surface area contributed by atoms with E-state index in [-0.39, 0.29) is 11.6 Å². The maximum atomic E-state index is 12.6. The predicted molar refractivity (Wildman–Crippen MR) is 109 cm³/mol. The average Bonchev–Trinajstić information content (AvgIpc) is 3.04. The van der Waals surface area contributed by atoms with Gasteiger partial charge in [-0.05, 0) is 39.0 Å². The highest BCUT2D eigenvalue weighted by Crippen LogP contribution is 2.33. The van der Waals surface area contributed by atoms with Gasteiger partial charge in [0.05, 0.1) is 16.7 Å². The molecule has 2 aromatic carbocycles. The van der Waals surface area contributed by atoms with Crippen LogP contribution in [0.3, 0.4) is 0 Å². The Morgan fingerprint density at radius 1 is 1.18 bits per heavy atom. The molecule has 7 nitrogen and oxygen atoms in total. The van der Waals surface area contributed by atoms with E-state index in [1.807, 2.05) is 45.0 Å². The van der Waals surface area contributed by atoms with Gasteiger partial charge in [-0.1, -0.05) is 29.5 Å².